The van der Waals surface area contributed by atoms with Gasteiger partial charge in [-0.3, -0.25) is 4.79 Å². The molecule has 1 saturated heterocycles. The number of aromatic nitrogens is 1. The molecule has 0 atom stereocenters. The van der Waals surface area contributed by atoms with E-state index in [1.807, 2.05) is 17.2 Å². The lowest BCUT2D eigenvalue weighted by Crippen LogP contribution is -2.36. The maximum Gasteiger partial charge on any atom is 0.227 e. The Morgan fingerprint density at radius 3 is 2.55 bits per heavy atom. The van der Waals surface area contributed by atoms with Gasteiger partial charge in [0.1, 0.15) is 5.82 Å². The second-order valence-electron chi connectivity index (χ2n) is 8.65. The standard InChI is InChI=1S/C24H32N4O/c1-18(2)12-15-28-22-16-23(25-17-19(22)6-11-24(28)29)26-20-7-9-21(10-8-20)27-13-4-3-5-14-27/h7-10,16-18H,3-6,11-15H2,1-2H3,(H,25,26). The molecular formula is C24H32N4O. The SMILES string of the molecule is CC(C)CCN1C(=O)CCc2cnc(Nc3ccc(N4CCCCC4)cc3)cc21. The van der Waals surface area contributed by atoms with E-state index in [0.717, 1.165) is 49.7 Å². The van der Waals surface area contributed by atoms with Gasteiger partial charge < -0.3 is 15.1 Å². The molecule has 0 radical (unpaired) electrons. The van der Waals surface area contributed by atoms with Crippen molar-refractivity contribution in [1.29, 1.82) is 0 Å². The molecule has 0 unspecified atom stereocenters. The lowest BCUT2D eigenvalue weighted by molar-refractivity contribution is -0.118. The van der Waals surface area contributed by atoms with E-state index in [-0.39, 0.29) is 5.91 Å². The molecule has 2 aliphatic heterocycles. The van der Waals surface area contributed by atoms with Gasteiger partial charge in [-0.15, -0.1) is 0 Å². The third-order valence-corrected chi connectivity index (χ3v) is 5.95. The number of benzene rings is 1. The molecule has 0 aliphatic carbocycles. The van der Waals surface area contributed by atoms with Gasteiger partial charge in [0.05, 0.1) is 5.69 Å². The Bertz CT molecular complexity index is 840. The first kappa shape index (κ1) is 19.7. The van der Waals surface area contributed by atoms with Crippen LogP contribution < -0.4 is 15.1 Å². The topological polar surface area (TPSA) is 48.5 Å². The Morgan fingerprint density at radius 1 is 1.07 bits per heavy atom. The predicted molar refractivity (Wildman–Crippen MR) is 120 cm³/mol. The summed E-state index contributed by atoms with van der Waals surface area (Å²) in [6.45, 7) is 7.47. The summed E-state index contributed by atoms with van der Waals surface area (Å²) in [5.41, 5.74) is 4.50. The van der Waals surface area contributed by atoms with Crippen LogP contribution in [0.2, 0.25) is 0 Å². The highest BCUT2D eigenvalue weighted by molar-refractivity contribution is 5.96. The Hall–Kier alpha value is -2.56. The molecule has 2 aliphatic rings. The summed E-state index contributed by atoms with van der Waals surface area (Å²) >= 11 is 0. The summed E-state index contributed by atoms with van der Waals surface area (Å²) in [6.07, 6.45) is 8.21. The lowest BCUT2D eigenvalue weighted by atomic mass is 10.0. The molecule has 29 heavy (non-hydrogen) atoms. The minimum Gasteiger partial charge on any atom is -0.372 e. The van der Waals surface area contributed by atoms with Crippen molar-refractivity contribution in [3.8, 4) is 0 Å². The molecule has 1 amide bonds. The molecule has 4 rings (SSSR count). The third-order valence-electron chi connectivity index (χ3n) is 5.95. The number of rotatable bonds is 6. The molecule has 1 fully saturated rings. The molecule has 2 aromatic rings. The van der Waals surface area contributed by atoms with E-state index in [9.17, 15) is 4.79 Å². The van der Waals surface area contributed by atoms with Crippen LogP contribution in [0.1, 0.15) is 51.5 Å². The molecular weight excluding hydrogens is 360 g/mol. The first-order chi connectivity index (χ1) is 14.1. The molecule has 5 heteroatoms. The fourth-order valence-electron chi connectivity index (χ4n) is 4.18. The van der Waals surface area contributed by atoms with E-state index in [1.165, 1.54) is 30.5 Å². The van der Waals surface area contributed by atoms with Gasteiger partial charge in [-0.25, -0.2) is 4.98 Å². The van der Waals surface area contributed by atoms with Crippen LogP contribution in [0.15, 0.2) is 36.5 Å². The van der Waals surface area contributed by atoms with Crippen LogP contribution in [-0.2, 0) is 11.2 Å². The Morgan fingerprint density at radius 2 is 1.83 bits per heavy atom. The predicted octanol–water partition coefficient (Wildman–Crippen LogP) is 5.14. The maximum atomic E-state index is 12.5. The first-order valence-corrected chi connectivity index (χ1v) is 11.0. The zero-order valence-electron chi connectivity index (χ0n) is 17.7. The molecule has 3 heterocycles. The van der Waals surface area contributed by atoms with Crippen molar-refractivity contribution in [2.75, 3.05) is 34.8 Å². The highest BCUT2D eigenvalue weighted by atomic mass is 16.2. The van der Waals surface area contributed by atoms with Gasteiger partial charge in [0.2, 0.25) is 5.91 Å². The minimum atomic E-state index is 0.223. The van der Waals surface area contributed by atoms with Gasteiger partial charge in [0, 0.05) is 49.7 Å². The smallest absolute Gasteiger partial charge is 0.227 e. The van der Waals surface area contributed by atoms with E-state index in [1.54, 1.807) is 0 Å². The van der Waals surface area contributed by atoms with Crippen LogP contribution in [0.25, 0.3) is 0 Å². The number of carbonyl (C=O) groups excluding carboxylic acids is 1. The summed E-state index contributed by atoms with van der Waals surface area (Å²) in [7, 11) is 0. The van der Waals surface area contributed by atoms with Crippen molar-refractivity contribution in [2.45, 2.75) is 52.4 Å². The second kappa shape index (κ2) is 8.85. The summed E-state index contributed by atoms with van der Waals surface area (Å²) in [5, 5.41) is 3.42. The number of carbonyl (C=O) groups is 1. The van der Waals surface area contributed by atoms with Crippen LogP contribution >= 0.6 is 0 Å². The molecule has 1 aromatic heterocycles. The first-order valence-electron chi connectivity index (χ1n) is 11.0. The molecule has 154 valence electrons. The maximum absolute atomic E-state index is 12.5. The van der Waals surface area contributed by atoms with Crippen LogP contribution in [0.4, 0.5) is 22.9 Å². The number of piperidine rings is 1. The number of aryl methyl sites for hydroxylation is 1. The monoisotopic (exact) mass is 392 g/mol. The summed E-state index contributed by atoms with van der Waals surface area (Å²) < 4.78 is 0. The Labute approximate surface area is 174 Å². The third kappa shape index (κ3) is 4.72. The zero-order valence-corrected chi connectivity index (χ0v) is 17.7. The van der Waals surface area contributed by atoms with E-state index in [2.05, 4.69) is 53.3 Å². The summed E-state index contributed by atoms with van der Waals surface area (Å²) in [4.78, 5) is 21.5. The second-order valence-corrected chi connectivity index (χ2v) is 8.65. The van der Waals surface area contributed by atoms with Crippen LogP contribution in [0.5, 0.6) is 0 Å². The van der Waals surface area contributed by atoms with Crippen molar-refractivity contribution in [1.82, 2.24) is 4.98 Å². The number of nitrogens with zero attached hydrogens (tertiary/aromatic N) is 3. The number of pyridine rings is 1. The van der Waals surface area contributed by atoms with Gasteiger partial charge >= 0.3 is 0 Å². The van der Waals surface area contributed by atoms with Gasteiger partial charge in [0.15, 0.2) is 0 Å². The van der Waals surface area contributed by atoms with Crippen LogP contribution in [0.3, 0.4) is 0 Å². The lowest BCUT2D eigenvalue weighted by Gasteiger charge is -2.30. The van der Waals surface area contributed by atoms with Crippen molar-refractivity contribution in [3.05, 3.63) is 42.1 Å². The number of hydrogen-bond acceptors (Lipinski definition) is 4. The fraction of sp³-hybridized carbons (Fsp3) is 0.500. The highest BCUT2D eigenvalue weighted by Crippen LogP contribution is 2.31. The number of nitrogens with one attached hydrogen (secondary N) is 1. The van der Waals surface area contributed by atoms with Crippen molar-refractivity contribution in [2.24, 2.45) is 5.92 Å². The van der Waals surface area contributed by atoms with E-state index in [4.69, 9.17) is 0 Å². The van der Waals surface area contributed by atoms with Crippen molar-refractivity contribution < 1.29 is 4.79 Å². The Kier molecular flexibility index (Phi) is 6.02. The molecule has 1 aromatic carbocycles. The summed E-state index contributed by atoms with van der Waals surface area (Å²) in [5.74, 6) is 1.59. The number of fused-ring (bicyclic) bond motifs is 1. The quantitative estimate of drug-likeness (QED) is 0.739. The molecule has 0 spiro atoms. The molecule has 0 bridgehead atoms. The number of anilines is 4. The van der Waals surface area contributed by atoms with E-state index < -0.39 is 0 Å². The number of hydrogen-bond donors (Lipinski definition) is 1. The molecule has 1 N–H and O–H groups in total. The van der Waals surface area contributed by atoms with Gasteiger partial charge in [0.25, 0.3) is 0 Å². The van der Waals surface area contributed by atoms with Gasteiger partial charge in [-0.05, 0) is 67.9 Å². The Balaban J connectivity index is 1.49. The van der Waals surface area contributed by atoms with E-state index in [0.29, 0.717) is 12.3 Å². The van der Waals surface area contributed by atoms with Gasteiger partial charge in [-0.1, -0.05) is 13.8 Å². The van der Waals surface area contributed by atoms with E-state index >= 15 is 0 Å². The zero-order chi connectivity index (χ0) is 20.2. The largest absolute Gasteiger partial charge is 0.372 e. The van der Waals surface area contributed by atoms with Gasteiger partial charge in [-0.2, -0.15) is 0 Å². The fourth-order valence-corrected chi connectivity index (χ4v) is 4.18. The minimum absolute atomic E-state index is 0.223. The van der Waals surface area contributed by atoms with Crippen molar-refractivity contribution in [3.63, 3.8) is 0 Å². The molecule has 5 nitrogen and oxygen atoms in total. The summed E-state index contributed by atoms with van der Waals surface area (Å²) in [6, 6.07) is 10.6. The average Bonchev–Trinajstić information content (AvgIpc) is 2.74. The average molecular weight is 393 g/mol. The normalized spacial score (nSPS) is 16.9. The van der Waals surface area contributed by atoms with Crippen LogP contribution in [0, 0.1) is 5.92 Å². The highest BCUT2D eigenvalue weighted by Gasteiger charge is 2.24. The molecule has 0 saturated carbocycles. The van der Waals surface area contributed by atoms with Crippen LogP contribution in [-0.4, -0.2) is 30.5 Å². The number of amides is 1. The van der Waals surface area contributed by atoms with Crippen molar-refractivity contribution >= 4 is 28.8 Å².